The molecule has 3 rings (SSSR count). The molecule has 1 fully saturated rings. The molecular weight excluding hydrogens is 314 g/mol. The maximum absolute atomic E-state index is 12.2. The van der Waals surface area contributed by atoms with Crippen molar-refractivity contribution in [1.29, 1.82) is 0 Å². The van der Waals surface area contributed by atoms with Gasteiger partial charge in [-0.1, -0.05) is 0 Å². The van der Waals surface area contributed by atoms with Crippen LogP contribution in [-0.2, 0) is 14.3 Å². The third kappa shape index (κ3) is 3.97. The molecule has 0 aromatic heterocycles. The van der Waals surface area contributed by atoms with Gasteiger partial charge in [-0.25, -0.2) is 4.79 Å². The molecule has 0 spiro atoms. The summed E-state index contributed by atoms with van der Waals surface area (Å²) in [5.74, 6) is 0.367. The lowest BCUT2D eigenvalue weighted by atomic mass is 10.2. The molecule has 0 radical (unpaired) electrons. The number of esters is 1. The minimum Gasteiger partial charge on any atom is -0.490 e. The first kappa shape index (κ1) is 16.6. The maximum atomic E-state index is 12.2. The second kappa shape index (κ2) is 7.53. The molecule has 1 aromatic rings. The van der Waals surface area contributed by atoms with E-state index in [1.54, 1.807) is 23.1 Å². The topological polar surface area (TPSA) is 74.3 Å². The molecule has 0 N–H and O–H groups in total. The van der Waals surface area contributed by atoms with Crippen molar-refractivity contribution >= 4 is 11.9 Å². The monoisotopic (exact) mass is 335 g/mol. The van der Waals surface area contributed by atoms with Gasteiger partial charge in [0.05, 0.1) is 31.5 Å². The Hall–Kier alpha value is -2.28. The minimum atomic E-state index is -0.555. The predicted octanol–water partition coefficient (Wildman–Crippen LogP) is 1.25. The number of carbonyl (C=O) groups excluding carboxylic acids is 2. The molecule has 1 saturated heterocycles. The third-order valence-corrected chi connectivity index (χ3v) is 3.90. The van der Waals surface area contributed by atoms with Gasteiger partial charge >= 0.3 is 5.97 Å². The van der Waals surface area contributed by atoms with Gasteiger partial charge in [0.15, 0.2) is 18.1 Å². The number of benzene rings is 1. The van der Waals surface area contributed by atoms with Crippen LogP contribution in [0.3, 0.4) is 0 Å². The largest absolute Gasteiger partial charge is 0.490 e. The van der Waals surface area contributed by atoms with Gasteiger partial charge in [-0.05, 0) is 25.1 Å². The van der Waals surface area contributed by atoms with Gasteiger partial charge < -0.3 is 23.8 Å². The van der Waals surface area contributed by atoms with Crippen molar-refractivity contribution in [2.75, 3.05) is 39.5 Å². The summed E-state index contributed by atoms with van der Waals surface area (Å²) in [6.45, 7) is 4.29. The molecule has 24 heavy (non-hydrogen) atoms. The van der Waals surface area contributed by atoms with E-state index >= 15 is 0 Å². The lowest BCUT2D eigenvalue weighted by Crippen LogP contribution is -2.46. The first-order chi connectivity index (χ1) is 11.6. The molecule has 0 bridgehead atoms. The number of carbonyl (C=O) groups is 2. The Morgan fingerprint density at radius 2 is 2.00 bits per heavy atom. The van der Waals surface area contributed by atoms with E-state index in [0.29, 0.717) is 50.0 Å². The highest BCUT2D eigenvalue weighted by Gasteiger charge is 2.23. The maximum Gasteiger partial charge on any atom is 0.338 e. The summed E-state index contributed by atoms with van der Waals surface area (Å²) in [5.41, 5.74) is 0.336. The van der Waals surface area contributed by atoms with Crippen LogP contribution in [0.25, 0.3) is 0 Å². The predicted molar refractivity (Wildman–Crippen MR) is 84.3 cm³/mol. The first-order valence-corrected chi connectivity index (χ1v) is 8.09. The highest BCUT2D eigenvalue weighted by Crippen LogP contribution is 2.30. The lowest BCUT2D eigenvalue weighted by molar-refractivity contribution is -0.141. The van der Waals surface area contributed by atoms with Crippen LogP contribution in [-0.4, -0.2) is 62.4 Å². The van der Waals surface area contributed by atoms with Crippen LogP contribution in [0.1, 0.15) is 23.7 Å². The van der Waals surface area contributed by atoms with Crippen LogP contribution in [0.4, 0.5) is 0 Å². The molecule has 1 unspecified atom stereocenters. The van der Waals surface area contributed by atoms with Crippen molar-refractivity contribution in [3.8, 4) is 11.5 Å². The normalized spacial score (nSPS) is 20.2. The van der Waals surface area contributed by atoms with Crippen molar-refractivity contribution in [2.45, 2.75) is 19.4 Å². The number of rotatable bonds is 3. The van der Waals surface area contributed by atoms with Crippen LogP contribution < -0.4 is 9.47 Å². The average Bonchev–Trinajstić information content (AvgIpc) is 2.84. The molecule has 0 aliphatic carbocycles. The van der Waals surface area contributed by atoms with Crippen molar-refractivity contribution < 1.29 is 28.5 Å². The number of fused-ring (bicyclic) bond motifs is 1. The summed E-state index contributed by atoms with van der Waals surface area (Å²) >= 11 is 0. The Kier molecular flexibility index (Phi) is 5.20. The zero-order valence-corrected chi connectivity index (χ0v) is 13.7. The Morgan fingerprint density at radius 3 is 2.79 bits per heavy atom. The van der Waals surface area contributed by atoms with Gasteiger partial charge in [0.25, 0.3) is 5.91 Å². The second-order valence-electron chi connectivity index (χ2n) is 5.81. The zero-order chi connectivity index (χ0) is 16.9. The van der Waals surface area contributed by atoms with Crippen molar-refractivity contribution in [3.63, 3.8) is 0 Å². The SMILES string of the molecule is CC1CN(C(=O)COC(=O)c2ccc3c(c2)OCCCO3)CCO1. The number of morpholine rings is 1. The van der Waals surface area contributed by atoms with E-state index < -0.39 is 5.97 Å². The number of ether oxygens (including phenoxy) is 4. The molecule has 2 heterocycles. The summed E-state index contributed by atoms with van der Waals surface area (Å²) in [4.78, 5) is 25.9. The molecule has 7 heteroatoms. The highest BCUT2D eigenvalue weighted by atomic mass is 16.5. The molecular formula is C17H21NO6. The van der Waals surface area contributed by atoms with Crippen LogP contribution in [0, 0.1) is 0 Å². The fraction of sp³-hybridized carbons (Fsp3) is 0.529. The van der Waals surface area contributed by atoms with E-state index in [1.807, 2.05) is 6.92 Å². The quantitative estimate of drug-likeness (QED) is 0.774. The molecule has 1 amide bonds. The van der Waals surface area contributed by atoms with Crippen molar-refractivity contribution in [2.24, 2.45) is 0 Å². The molecule has 2 aliphatic rings. The smallest absolute Gasteiger partial charge is 0.338 e. The van der Waals surface area contributed by atoms with Gasteiger partial charge in [-0.2, -0.15) is 0 Å². The molecule has 2 aliphatic heterocycles. The van der Waals surface area contributed by atoms with E-state index in [4.69, 9.17) is 18.9 Å². The first-order valence-electron chi connectivity index (χ1n) is 8.09. The molecule has 130 valence electrons. The van der Waals surface area contributed by atoms with Gasteiger partial charge in [0, 0.05) is 19.5 Å². The second-order valence-corrected chi connectivity index (χ2v) is 5.81. The fourth-order valence-electron chi connectivity index (χ4n) is 2.64. The number of hydrogen-bond donors (Lipinski definition) is 0. The molecule has 7 nitrogen and oxygen atoms in total. The molecule has 1 aromatic carbocycles. The van der Waals surface area contributed by atoms with Gasteiger partial charge in [0.2, 0.25) is 0 Å². The summed E-state index contributed by atoms with van der Waals surface area (Å²) in [7, 11) is 0. The van der Waals surface area contributed by atoms with Crippen LogP contribution in [0.15, 0.2) is 18.2 Å². The summed E-state index contributed by atoms with van der Waals surface area (Å²) in [6, 6.07) is 4.88. The Labute approximate surface area is 140 Å². The van der Waals surface area contributed by atoms with E-state index in [9.17, 15) is 9.59 Å². The molecule has 0 saturated carbocycles. The van der Waals surface area contributed by atoms with E-state index in [-0.39, 0.29) is 18.6 Å². The fourth-order valence-corrected chi connectivity index (χ4v) is 2.64. The highest BCUT2D eigenvalue weighted by molar-refractivity contribution is 5.92. The average molecular weight is 335 g/mol. The Balaban J connectivity index is 1.57. The number of hydrogen-bond acceptors (Lipinski definition) is 6. The van der Waals surface area contributed by atoms with Gasteiger partial charge in [-0.15, -0.1) is 0 Å². The van der Waals surface area contributed by atoms with Crippen LogP contribution in [0.2, 0.25) is 0 Å². The summed E-state index contributed by atoms with van der Waals surface area (Å²) < 4.78 is 21.6. The summed E-state index contributed by atoms with van der Waals surface area (Å²) in [6.07, 6.45) is 0.793. The Bertz CT molecular complexity index is 617. The third-order valence-electron chi connectivity index (χ3n) is 3.90. The number of amides is 1. The van der Waals surface area contributed by atoms with Crippen molar-refractivity contribution in [3.05, 3.63) is 23.8 Å². The van der Waals surface area contributed by atoms with E-state index in [2.05, 4.69) is 0 Å². The number of nitrogens with zero attached hydrogens (tertiary/aromatic N) is 1. The van der Waals surface area contributed by atoms with Crippen LogP contribution >= 0.6 is 0 Å². The van der Waals surface area contributed by atoms with Crippen molar-refractivity contribution in [1.82, 2.24) is 4.90 Å². The van der Waals surface area contributed by atoms with Gasteiger partial charge in [0.1, 0.15) is 0 Å². The minimum absolute atomic E-state index is 0.000121. The van der Waals surface area contributed by atoms with Crippen LogP contribution in [0.5, 0.6) is 11.5 Å². The standard InChI is InChI=1S/C17H21NO6/c1-12-10-18(5-8-21-12)16(19)11-24-17(20)13-3-4-14-15(9-13)23-7-2-6-22-14/h3-4,9,12H,2,5-8,10-11H2,1H3. The van der Waals surface area contributed by atoms with E-state index in [1.165, 1.54) is 0 Å². The van der Waals surface area contributed by atoms with E-state index in [0.717, 1.165) is 6.42 Å². The lowest BCUT2D eigenvalue weighted by Gasteiger charge is -2.30. The summed E-state index contributed by atoms with van der Waals surface area (Å²) in [5, 5.41) is 0. The van der Waals surface area contributed by atoms with Gasteiger partial charge in [-0.3, -0.25) is 4.79 Å². The zero-order valence-electron chi connectivity index (χ0n) is 13.7. The Morgan fingerprint density at radius 1 is 1.21 bits per heavy atom. The molecule has 1 atom stereocenters.